The van der Waals surface area contributed by atoms with E-state index in [1.165, 1.54) is 0 Å². The monoisotopic (exact) mass is 178 g/mol. The van der Waals surface area contributed by atoms with Crippen molar-refractivity contribution >= 4 is 11.4 Å². The van der Waals surface area contributed by atoms with Gasteiger partial charge in [-0.2, -0.15) is 0 Å². The highest BCUT2D eigenvalue weighted by Crippen LogP contribution is 2.24. The number of nitrogens with zero attached hydrogens (tertiary/aromatic N) is 2. The maximum absolute atomic E-state index is 10.2. The number of aliphatic hydroxyl groups excluding tert-OH is 1. The lowest BCUT2D eigenvalue weighted by atomic mass is 10.1. The van der Waals surface area contributed by atoms with E-state index in [1.54, 1.807) is 18.2 Å². The first-order chi connectivity index (χ1) is 6.29. The lowest BCUT2D eigenvalue weighted by Gasteiger charge is -2.37. The molecule has 1 saturated heterocycles. The third-order valence-electron chi connectivity index (χ3n) is 2.16. The van der Waals surface area contributed by atoms with Crippen LogP contribution in [0.4, 0.5) is 11.4 Å². The van der Waals surface area contributed by atoms with Gasteiger partial charge in [0.25, 0.3) is 0 Å². The van der Waals surface area contributed by atoms with Gasteiger partial charge in [0, 0.05) is 18.8 Å². The summed E-state index contributed by atoms with van der Waals surface area (Å²) in [6.07, 6.45) is -0.229. The molecule has 0 radical (unpaired) electrons. The van der Waals surface area contributed by atoms with Gasteiger partial charge in [0.15, 0.2) is 0 Å². The van der Waals surface area contributed by atoms with Crippen molar-refractivity contribution in [1.82, 2.24) is 0 Å². The summed E-state index contributed by atoms with van der Waals surface area (Å²) >= 11 is 0. The molecule has 0 unspecified atom stereocenters. The Hall–Kier alpha value is -1.42. The van der Waals surface area contributed by atoms with Gasteiger partial charge in [0.1, 0.15) is 5.69 Å². The molecule has 4 nitrogen and oxygen atoms in total. The Morgan fingerprint density at radius 2 is 2.23 bits per heavy atom. The van der Waals surface area contributed by atoms with Crippen molar-refractivity contribution in [3.63, 3.8) is 0 Å². The molecular weight excluding hydrogens is 168 g/mol. The van der Waals surface area contributed by atoms with Crippen LogP contribution in [0.2, 0.25) is 0 Å². The lowest BCUT2D eigenvalue weighted by molar-refractivity contribution is 0.142. The Bertz CT molecular complexity index is 321. The largest absolute Gasteiger partial charge is 0.389 e. The zero-order chi connectivity index (χ0) is 9.26. The highest BCUT2D eigenvalue weighted by Gasteiger charge is 2.24. The Morgan fingerprint density at radius 1 is 1.46 bits per heavy atom. The van der Waals surface area contributed by atoms with Crippen LogP contribution >= 0.6 is 0 Å². The molecule has 0 aromatic heterocycles. The van der Waals surface area contributed by atoms with Gasteiger partial charge in [-0.1, -0.05) is 6.07 Å². The van der Waals surface area contributed by atoms with Crippen LogP contribution in [0, 0.1) is 4.91 Å². The molecule has 68 valence electrons. The molecule has 1 aromatic carbocycles. The molecule has 0 bridgehead atoms. The van der Waals surface area contributed by atoms with E-state index in [9.17, 15) is 4.91 Å². The van der Waals surface area contributed by atoms with Crippen molar-refractivity contribution < 1.29 is 5.11 Å². The molecule has 1 heterocycles. The predicted molar refractivity (Wildman–Crippen MR) is 50.1 cm³/mol. The van der Waals surface area contributed by atoms with E-state index in [0.29, 0.717) is 18.8 Å². The fourth-order valence-electron chi connectivity index (χ4n) is 1.41. The van der Waals surface area contributed by atoms with Crippen LogP contribution in [0.5, 0.6) is 0 Å². The summed E-state index contributed by atoms with van der Waals surface area (Å²) in [4.78, 5) is 12.2. The van der Waals surface area contributed by atoms with E-state index in [2.05, 4.69) is 5.18 Å². The number of hydrogen-bond acceptors (Lipinski definition) is 4. The first kappa shape index (κ1) is 8.19. The fraction of sp³-hybridized carbons (Fsp3) is 0.333. The molecule has 0 spiro atoms. The van der Waals surface area contributed by atoms with Gasteiger partial charge in [0.2, 0.25) is 0 Å². The van der Waals surface area contributed by atoms with Gasteiger partial charge in [-0.05, 0) is 23.4 Å². The normalized spacial score (nSPS) is 16.8. The third kappa shape index (κ3) is 1.53. The maximum atomic E-state index is 10.2. The SMILES string of the molecule is O=Nc1cccc(N2CC(O)C2)c1. The van der Waals surface area contributed by atoms with Gasteiger partial charge >= 0.3 is 0 Å². The van der Waals surface area contributed by atoms with Gasteiger partial charge in [-0.15, -0.1) is 4.91 Å². The first-order valence-electron chi connectivity index (χ1n) is 4.16. The molecule has 1 aromatic rings. The molecule has 0 aliphatic carbocycles. The van der Waals surface area contributed by atoms with E-state index >= 15 is 0 Å². The van der Waals surface area contributed by atoms with Gasteiger partial charge < -0.3 is 10.0 Å². The molecule has 1 fully saturated rings. The summed E-state index contributed by atoms with van der Waals surface area (Å²) in [7, 11) is 0. The summed E-state index contributed by atoms with van der Waals surface area (Å²) in [6, 6.07) is 7.07. The average molecular weight is 178 g/mol. The highest BCUT2D eigenvalue weighted by atomic mass is 16.3. The molecule has 1 aliphatic heterocycles. The van der Waals surface area contributed by atoms with Crippen LogP contribution in [0.15, 0.2) is 29.4 Å². The molecule has 1 aliphatic rings. The molecule has 13 heavy (non-hydrogen) atoms. The summed E-state index contributed by atoms with van der Waals surface area (Å²) < 4.78 is 0. The Labute approximate surface area is 75.8 Å². The van der Waals surface area contributed by atoms with Crippen LogP contribution in [-0.2, 0) is 0 Å². The summed E-state index contributed by atoms with van der Waals surface area (Å²) in [5, 5.41) is 11.9. The van der Waals surface area contributed by atoms with Crippen molar-refractivity contribution in [1.29, 1.82) is 0 Å². The third-order valence-corrected chi connectivity index (χ3v) is 2.16. The van der Waals surface area contributed by atoms with Gasteiger partial charge in [-0.25, -0.2) is 0 Å². The van der Waals surface area contributed by atoms with E-state index in [0.717, 1.165) is 5.69 Å². The van der Waals surface area contributed by atoms with Gasteiger partial charge in [0.05, 0.1) is 6.10 Å². The van der Waals surface area contributed by atoms with E-state index in [-0.39, 0.29) is 6.10 Å². The number of aliphatic hydroxyl groups is 1. The van der Waals surface area contributed by atoms with Crippen LogP contribution in [0.25, 0.3) is 0 Å². The minimum Gasteiger partial charge on any atom is -0.389 e. The van der Waals surface area contributed by atoms with E-state index in [4.69, 9.17) is 5.11 Å². The van der Waals surface area contributed by atoms with Crippen LogP contribution in [0.1, 0.15) is 0 Å². The maximum Gasteiger partial charge on any atom is 0.110 e. The van der Waals surface area contributed by atoms with E-state index in [1.807, 2.05) is 11.0 Å². The number of rotatable bonds is 2. The van der Waals surface area contributed by atoms with Crippen molar-refractivity contribution in [2.24, 2.45) is 5.18 Å². The quantitative estimate of drug-likeness (QED) is 0.694. The van der Waals surface area contributed by atoms with Crippen molar-refractivity contribution in [2.75, 3.05) is 18.0 Å². The second kappa shape index (κ2) is 3.14. The fourth-order valence-corrected chi connectivity index (χ4v) is 1.41. The average Bonchev–Trinajstić information content (AvgIpc) is 2.13. The topological polar surface area (TPSA) is 52.9 Å². The van der Waals surface area contributed by atoms with Crippen LogP contribution in [-0.4, -0.2) is 24.3 Å². The summed E-state index contributed by atoms with van der Waals surface area (Å²) in [5.41, 5.74) is 1.38. The number of hydrogen-bond donors (Lipinski definition) is 1. The molecule has 4 heteroatoms. The molecular formula is C9H10N2O2. The Kier molecular flexibility index (Phi) is 1.98. The van der Waals surface area contributed by atoms with Crippen LogP contribution in [0.3, 0.4) is 0 Å². The second-order valence-corrected chi connectivity index (χ2v) is 3.17. The standard InChI is InChI=1S/C9H10N2O2/c12-9-5-11(6-9)8-3-1-2-7(4-8)10-13/h1-4,9,12H,5-6H2. The van der Waals surface area contributed by atoms with Crippen molar-refractivity contribution in [3.05, 3.63) is 29.2 Å². The summed E-state index contributed by atoms with van der Waals surface area (Å²) in [6.45, 7) is 1.28. The molecule has 2 rings (SSSR count). The molecule has 0 saturated carbocycles. The smallest absolute Gasteiger partial charge is 0.110 e. The predicted octanol–water partition coefficient (Wildman–Crippen LogP) is 1.27. The molecule has 0 amide bonds. The van der Waals surface area contributed by atoms with Gasteiger partial charge in [-0.3, -0.25) is 0 Å². The number of benzene rings is 1. The van der Waals surface area contributed by atoms with Crippen LogP contribution < -0.4 is 4.90 Å². The Morgan fingerprint density at radius 3 is 2.85 bits per heavy atom. The minimum atomic E-state index is -0.229. The second-order valence-electron chi connectivity index (χ2n) is 3.17. The number of β-amino-alcohol motifs (C(OH)–C–C–N with tert-alkyl or cyclic N) is 1. The molecule has 1 N–H and O–H groups in total. The van der Waals surface area contributed by atoms with Crippen molar-refractivity contribution in [3.8, 4) is 0 Å². The zero-order valence-corrected chi connectivity index (χ0v) is 7.05. The highest BCUT2D eigenvalue weighted by molar-refractivity contribution is 5.57. The summed E-state index contributed by atoms with van der Waals surface area (Å²) in [5.74, 6) is 0. The van der Waals surface area contributed by atoms with E-state index < -0.39 is 0 Å². The number of nitroso groups, excluding NO2 is 1. The Balaban J connectivity index is 2.16. The lowest BCUT2D eigenvalue weighted by Crippen LogP contribution is -2.50. The molecule has 0 atom stereocenters. The minimum absolute atomic E-state index is 0.229. The van der Waals surface area contributed by atoms with Crippen molar-refractivity contribution in [2.45, 2.75) is 6.10 Å². The zero-order valence-electron chi connectivity index (χ0n) is 7.05. The first-order valence-corrected chi connectivity index (χ1v) is 4.16. The number of anilines is 1.